The van der Waals surface area contributed by atoms with Gasteiger partial charge in [-0.15, -0.1) is 0 Å². The zero-order valence-corrected chi connectivity index (χ0v) is 20.1. The van der Waals surface area contributed by atoms with Gasteiger partial charge in [0.15, 0.2) is 34.5 Å². The summed E-state index contributed by atoms with van der Waals surface area (Å²) in [5, 5.41) is 0. The van der Waals surface area contributed by atoms with Crippen LogP contribution in [-0.2, 0) is 0 Å². The maximum absolute atomic E-state index is 6.12. The minimum Gasteiger partial charge on any atom is -0.493 e. The minimum absolute atomic E-state index is 0.400. The number of rotatable bonds is 9. The highest BCUT2D eigenvalue weighted by Gasteiger charge is 2.14. The lowest BCUT2D eigenvalue weighted by molar-refractivity contribution is 0.366. The van der Waals surface area contributed by atoms with Gasteiger partial charge in [-0.3, -0.25) is 0 Å². The number of benzene rings is 4. The first-order valence-electron chi connectivity index (χ1n) is 10.9. The van der Waals surface area contributed by atoms with E-state index < -0.39 is 0 Å². The fraction of sp³-hybridized carbons (Fsp3) is 0.111. The van der Waals surface area contributed by atoms with Crippen molar-refractivity contribution in [2.45, 2.75) is 0 Å². The quantitative estimate of drug-likeness (QED) is 0.248. The number of anilines is 3. The second-order valence-electron chi connectivity index (χ2n) is 7.68. The molecule has 4 rings (SSSR count). The summed E-state index contributed by atoms with van der Waals surface area (Å²) in [7, 11) is 4.64. The number of nitrogen functional groups attached to an aromatic ring is 3. The Bertz CT molecular complexity index is 1200. The summed E-state index contributed by atoms with van der Waals surface area (Å²) in [5.41, 5.74) is 19.4. The molecule has 0 saturated heterocycles. The van der Waals surface area contributed by atoms with E-state index in [0.29, 0.717) is 68.8 Å². The lowest BCUT2D eigenvalue weighted by Gasteiger charge is -2.16. The van der Waals surface area contributed by atoms with E-state index in [1.807, 2.05) is 0 Å². The third kappa shape index (κ3) is 5.58. The highest BCUT2D eigenvalue weighted by atomic mass is 16.5. The molecule has 0 fully saturated rings. The Balaban J connectivity index is 1.76. The molecule has 0 aliphatic rings. The topological polar surface area (TPSA) is 133 Å². The van der Waals surface area contributed by atoms with Gasteiger partial charge in [-0.1, -0.05) is 0 Å². The molecule has 36 heavy (non-hydrogen) atoms. The molecule has 6 N–H and O–H groups in total. The molecule has 9 heteroatoms. The van der Waals surface area contributed by atoms with E-state index in [-0.39, 0.29) is 0 Å². The van der Waals surface area contributed by atoms with Crippen molar-refractivity contribution in [2.75, 3.05) is 38.5 Å². The Morgan fingerprint density at radius 3 is 0.917 bits per heavy atom. The van der Waals surface area contributed by atoms with Crippen molar-refractivity contribution in [3.63, 3.8) is 0 Å². The van der Waals surface area contributed by atoms with Crippen LogP contribution in [0.15, 0.2) is 72.8 Å². The summed E-state index contributed by atoms with van der Waals surface area (Å²) < 4.78 is 34.6. The van der Waals surface area contributed by atoms with Crippen LogP contribution in [0.5, 0.6) is 51.7 Å². The Morgan fingerprint density at radius 1 is 0.389 bits per heavy atom. The third-order valence-corrected chi connectivity index (χ3v) is 5.10. The van der Waals surface area contributed by atoms with Crippen LogP contribution in [0, 0.1) is 0 Å². The largest absolute Gasteiger partial charge is 0.493 e. The van der Waals surface area contributed by atoms with Crippen LogP contribution in [0.1, 0.15) is 0 Å². The molecule has 0 heterocycles. The summed E-state index contributed by atoms with van der Waals surface area (Å²) in [6, 6.07) is 20.4. The SMILES string of the molecule is COc1ccc(N)cc1Oc1cc(Oc2cc(N)ccc2OC)cc(Oc2cc(N)ccc2OC)c1. The Morgan fingerprint density at radius 2 is 0.667 bits per heavy atom. The van der Waals surface area contributed by atoms with E-state index in [4.69, 9.17) is 45.6 Å². The Labute approximate surface area is 208 Å². The van der Waals surface area contributed by atoms with Crippen LogP contribution in [0.3, 0.4) is 0 Å². The molecule has 0 bridgehead atoms. The first-order chi connectivity index (χ1) is 17.4. The van der Waals surface area contributed by atoms with Gasteiger partial charge in [0, 0.05) is 53.5 Å². The van der Waals surface area contributed by atoms with Gasteiger partial charge in [-0.05, 0) is 36.4 Å². The molecule has 0 aromatic heterocycles. The van der Waals surface area contributed by atoms with Crippen LogP contribution in [-0.4, -0.2) is 21.3 Å². The molecule has 0 saturated carbocycles. The monoisotopic (exact) mass is 489 g/mol. The molecular weight excluding hydrogens is 462 g/mol. The van der Waals surface area contributed by atoms with Crippen molar-refractivity contribution in [1.29, 1.82) is 0 Å². The first-order valence-corrected chi connectivity index (χ1v) is 10.9. The minimum atomic E-state index is 0.400. The fourth-order valence-corrected chi connectivity index (χ4v) is 3.42. The van der Waals surface area contributed by atoms with E-state index >= 15 is 0 Å². The number of hydrogen-bond donors (Lipinski definition) is 3. The smallest absolute Gasteiger partial charge is 0.171 e. The van der Waals surface area contributed by atoms with E-state index in [2.05, 4.69) is 0 Å². The number of hydrogen-bond acceptors (Lipinski definition) is 9. The van der Waals surface area contributed by atoms with Gasteiger partial charge in [0.05, 0.1) is 21.3 Å². The van der Waals surface area contributed by atoms with Gasteiger partial charge in [0.25, 0.3) is 0 Å². The maximum atomic E-state index is 6.12. The second-order valence-corrected chi connectivity index (χ2v) is 7.68. The molecule has 4 aromatic rings. The van der Waals surface area contributed by atoms with Crippen molar-refractivity contribution in [1.82, 2.24) is 0 Å². The number of methoxy groups -OCH3 is 3. The molecular formula is C27H27N3O6. The summed E-state index contributed by atoms with van der Waals surface area (Å²) in [5.74, 6) is 3.98. The standard InChI is InChI=1S/C27H27N3O6/c1-31-22-7-4-16(28)10-25(22)34-19-13-20(35-26-11-17(29)5-8-23(26)32-2)15-21(14-19)36-27-12-18(30)6-9-24(27)33-3/h4-15H,28-30H2,1-3H3. The predicted molar refractivity (Wildman–Crippen MR) is 139 cm³/mol. The molecule has 0 amide bonds. The molecule has 0 spiro atoms. The molecule has 186 valence electrons. The molecule has 0 aliphatic carbocycles. The van der Waals surface area contributed by atoms with Crippen LogP contribution in [0.2, 0.25) is 0 Å². The predicted octanol–water partition coefficient (Wildman–Crippen LogP) is 5.84. The lowest BCUT2D eigenvalue weighted by Crippen LogP contribution is -1.96. The molecule has 9 nitrogen and oxygen atoms in total. The second kappa shape index (κ2) is 10.6. The highest BCUT2D eigenvalue weighted by molar-refractivity contribution is 5.58. The van der Waals surface area contributed by atoms with Crippen LogP contribution < -0.4 is 45.6 Å². The lowest BCUT2D eigenvalue weighted by atomic mass is 10.2. The Kier molecular flexibility index (Phi) is 7.10. The molecule has 4 aromatic carbocycles. The normalized spacial score (nSPS) is 10.4. The number of nitrogens with two attached hydrogens (primary N) is 3. The molecule has 0 aliphatic heterocycles. The molecule has 0 unspecified atom stereocenters. The van der Waals surface area contributed by atoms with E-state index in [1.165, 1.54) is 0 Å². The van der Waals surface area contributed by atoms with Gasteiger partial charge in [-0.2, -0.15) is 0 Å². The van der Waals surface area contributed by atoms with Crippen LogP contribution in [0.4, 0.5) is 17.1 Å². The number of ether oxygens (including phenoxy) is 6. The fourth-order valence-electron chi connectivity index (χ4n) is 3.42. The van der Waals surface area contributed by atoms with Gasteiger partial charge in [0.1, 0.15) is 17.2 Å². The highest BCUT2D eigenvalue weighted by Crippen LogP contribution is 2.42. The van der Waals surface area contributed by atoms with Crippen LogP contribution in [0.25, 0.3) is 0 Å². The van der Waals surface area contributed by atoms with Crippen molar-refractivity contribution in [3.8, 4) is 51.7 Å². The maximum Gasteiger partial charge on any atom is 0.171 e. The summed E-state index contributed by atoms with van der Waals surface area (Å²) in [6.45, 7) is 0. The van der Waals surface area contributed by atoms with Gasteiger partial charge >= 0.3 is 0 Å². The average Bonchev–Trinajstić information content (AvgIpc) is 2.84. The van der Waals surface area contributed by atoms with E-state index in [9.17, 15) is 0 Å². The van der Waals surface area contributed by atoms with Gasteiger partial charge in [-0.25, -0.2) is 0 Å². The van der Waals surface area contributed by atoms with Crippen molar-refractivity contribution in [3.05, 3.63) is 72.8 Å². The van der Waals surface area contributed by atoms with Crippen molar-refractivity contribution < 1.29 is 28.4 Å². The summed E-state index contributed by atoms with van der Waals surface area (Å²) >= 11 is 0. The van der Waals surface area contributed by atoms with Gasteiger partial charge in [0.2, 0.25) is 0 Å². The summed E-state index contributed by atoms with van der Waals surface area (Å²) in [4.78, 5) is 0. The third-order valence-electron chi connectivity index (χ3n) is 5.10. The Hall–Kier alpha value is -4.92. The van der Waals surface area contributed by atoms with Gasteiger partial charge < -0.3 is 45.6 Å². The van der Waals surface area contributed by atoms with E-state index in [1.54, 1.807) is 94.1 Å². The van der Waals surface area contributed by atoms with E-state index in [0.717, 1.165) is 0 Å². The average molecular weight is 490 g/mol. The summed E-state index contributed by atoms with van der Waals surface area (Å²) in [6.07, 6.45) is 0. The zero-order valence-electron chi connectivity index (χ0n) is 20.1. The zero-order chi connectivity index (χ0) is 25.7. The van der Waals surface area contributed by atoms with Crippen LogP contribution >= 0.6 is 0 Å². The van der Waals surface area contributed by atoms with Crippen molar-refractivity contribution >= 4 is 17.1 Å². The molecule has 0 atom stereocenters. The molecule has 0 radical (unpaired) electrons. The first kappa shape index (κ1) is 24.2. The van der Waals surface area contributed by atoms with Crippen molar-refractivity contribution in [2.24, 2.45) is 0 Å².